The van der Waals surface area contributed by atoms with Crippen LogP contribution in [-0.4, -0.2) is 48.6 Å². The third kappa shape index (κ3) is 4.46. The lowest BCUT2D eigenvalue weighted by molar-refractivity contribution is -0.132. The molecule has 1 aliphatic rings. The molecular weight excluding hydrogens is 316 g/mol. The third-order valence-electron chi connectivity index (χ3n) is 4.85. The molecule has 2 aromatic rings. The van der Waals surface area contributed by atoms with Crippen molar-refractivity contribution in [2.45, 2.75) is 64.8 Å². The first-order valence-corrected chi connectivity index (χ1v) is 9.34. The number of rotatable bonds is 7. The van der Waals surface area contributed by atoms with Crippen molar-refractivity contribution in [3.05, 3.63) is 29.9 Å². The molecule has 25 heavy (non-hydrogen) atoms. The minimum Gasteiger partial charge on any atom is -0.342 e. The Kier molecular flexibility index (Phi) is 5.83. The molecule has 1 unspecified atom stereocenters. The van der Waals surface area contributed by atoms with Crippen LogP contribution in [0.15, 0.2) is 12.4 Å². The molecule has 0 spiro atoms. The van der Waals surface area contributed by atoms with E-state index in [1.807, 2.05) is 18.0 Å². The Bertz CT molecular complexity index is 691. The number of nitrogens with one attached hydrogen (secondary N) is 1. The number of nitrogens with zero attached hydrogens (tertiary/aromatic N) is 5. The van der Waals surface area contributed by atoms with E-state index in [1.54, 1.807) is 0 Å². The topological polar surface area (TPSA) is 79.7 Å². The third-order valence-corrected chi connectivity index (χ3v) is 4.85. The van der Waals surface area contributed by atoms with Gasteiger partial charge in [-0.3, -0.25) is 9.89 Å². The van der Waals surface area contributed by atoms with Gasteiger partial charge in [-0.05, 0) is 26.2 Å². The van der Waals surface area contributed by atoms with Crippen LogP contribution in [0.4, 0.5) is 0 Å². The number of piperidine rings is 1. The van der Waals surface area contributed by atoms with Gasteiger partial charge in [0.25, 0.3) is 0 Å². The molecule has 7 nitrogen and oxygen atoms in total. The van der Waals surface area contributed by atoms with Crippen molar-refractivity contribution < 1.29 is 4.79 Å². The molecule has 3 rings (SSSR count). The van der Waals surface area contributed by atoms with E-state index >= 15 is 0 Å². The van der Waals surface area contributed by atoms with Gasteiger partial charge in [0, 0.05) is 50.8 Å². The number of H-pyrrole nitrogens is 1. The summed E-state index contributed by atoms with van der Waals surface area (Å²) in [5.41, 5.74) is 0. The number of aromatic nitrogens is 5. The number of unbranched alkanes of at least 4 members (excludes halogenated alkanes) is 1. The van der Waals surface area contributed by atoms with Gasteiger partial charge >= 0.3 is 0 Å². The molecule has 1 atom stereocenters. The molecule has 136 valence electrons. The van der Waals surface area contributed by atoms with Crippen molar-refractivity contribution in [2.24, 2.45) is 0 Å². The fraction of sp³-hybridized carbons (Fsp3) is 0.667. The van der Waals surface area contributed by atoms with Crippen molar-refractivity contribution in [3.8, 4) is 0 Å². The van der Waals surface area contributed by atoms with Crippen LogP contribution < -0.4 is 0 Å². The van der Waals surface area contributed by atoms with Gasteiger partial charge in [-0.2, -0.15) is 5.10 Å². The van der Waals surface area contributed by atoms with E-state index in [0.29, 0.717) is 18.8 Å². The summed E-state index contributed by atoms with van der Waals surface area (Å²) >= 11 is 0. The number of amides is 1. The molecule has 1 amide bonds. The summed E-state index contributed by atoms with van der Waals surface area (Å²) in [5.74, 6) is 3.18. The summed E-state index contributed by atoms with van der Waals surface area (Å²) in [6.07, 6.45) is 9.49. The second-order valence-electron chi connectivity index (χ2n) is 6.85. The maximum Gasteiger partial charge on any atom is 0.223 e. The Morgan fingerprint density at radius 2 is 2.32 bits per heavy atom. The Morgan fingerprint density at radius 1 is 1.44 bits per heavy atom. The van der Waals surface area contributed by atoms with Crippen molar-refractivity contribution in [1.29, 1.82) is 0 Å². The zero-order chi connectivity index (χ0) is 17.6. The predicted molar refractivity (Wildman–Crippen MR) is 95.1 cm³/mol. The van der Waals surface area contributed by atoms with Crippen LogP contribution in [0.2, 0.25) is 0 Å². The normalized spacial score (nSPS) is 17.8. The van der Waals surface area contributed by atoms with Gasteiger partial charge in [-0.25, -0.2) is 9.97 Å². The fourth-order valence-electron chi connectivity index (χ4n) is 3.49. The smallest absolute Gasteiger partial charge is 0.223 e. The highest BCUT2D eigenvalue weighted by atomic mass is 16.2. The quantitative estimate of drug-likeness (QED) is 0.837. The maximum atomic E-state index is 12.6. The van der Waals surface area contributed by atoms with Crippen molar-refractivity contribution in [1.82, 2.24) is 29.6 Å². The summed E-state index contributed by atoms with van der Waals surface area (Å²) < 4.78 is 2.26. The fourth-order valence-corrected chi connectivity index (χ4v) is 3.49. The summed E-state index contributed by atoms with van der Waals surface area (Å²) in [7, 11) is 0. The highest BCUT2D eigenvalue weighted by molar-refractivity contribution is 5.76. The van der Waals surface area contributed by atoms with Crippen LogP contribution in [0.1, 0.15) is 62.4 Å². The summed E-state index contributed by atoms with van der Waals surface area (Å²) in [5, 5.41) is 6.93. The number of likely N-dealkylation sites (tertiary alicyclic amines) is 1. The summed E-state index contributed by atoms with van der Waals surface area (Å²) in [6, 6.07) is 0. The number of hydrogen-bond acceptors (Lipinski definition) is 4. The van der Waals surface area contributed by atoms with Crippen LogP contribution in [0, 0.1) is 6.92 Å². The first-order valence-electron chi connectivity index (χ1n) is 9.34. The highest BCUT2D eigenvalue weighted by Crippen LogP contribution is 2.26. The average Bonchev–Trinajstić information content (AvgIpc) is 3.26. The molecule has 7 heteroatoms. The molecule has 1 saturated heterocycles. The summed E-state index contributed by atoms with van der Waals surface area (Å²) in [6.45, 7) is 6.70. The Labute approximate surface area is 148 Å². The van der Waals surface area contributed by atoms with Gasteiger partial charge < -0.3 is 9.47 Å². The predicted octanol–water partition coefficient (Wildman–Crippen LogP) is 2.45. The lowest BCUT2D eigenvalue weighted by Crippen LogP contribution is -2.39. The van der Waals surface area contributed by atoms with Crippen molar-refractivity contribution in [3.63, 3.8) is 0 Å². The van der Waals surface area contributed by atoms with E-state index in [2.05, 4.69) is 37.9 Å². The number of carbonyl (C=O) groups is 1. The van der Waals surface area contributed by atoms with E-state index in [4.69, 9.17) is 0 Å². The van der Waals surface area contributed by atoms with Gasteiger partial charge in [0.15, 0.2) is 5.82 Å². The molecule has 1 fully saturated rings. The average molecular weight is 344 g/mol. The molecule has 0 radical (unpaired) electrons. The highest BCUT2D eigenvalue weighted by Gasteiger charge is 2.27. The van der Waals surface area contributed by atoms with Gasteiger partial charge in [-0.1, -0.05) is 13.3 Å². The largest absolute Gasteiger partial charge is 0.342 e. The molecule has 0 aliphatic carbocycles. The first-order chi connectivity index (χ1) is 12.2. The monoisotopic (exact) mass is 344 g/mol. The molecule has 3 heterocycles. The Balaban J connectivity index is 1.57. The van der Waals surface area contributed by atoms with Gasteiger partial charge in [0.2, 0.25) is 5.91 Å². The molecule has 1 N–H and O–H groups in total. The Hall–Kier alpha value is -2.18. The van der Waals surface area contributed by atoms with Crippen LogP contribution in [0.5, 0.6) is 0 Å². The minimum absolute atomic E-state index is 0.193. The standard InChI is InChI=1S/C18H28N6O/c1-3-4-10-23-12-9-19-18(23)15-6-5-11-24(13-15)17(25)8-7-16-20-14(2)21-22-16/h9,12,15H,3-8,10-11,13H2,1-2H3,(H,20,21,22). The van der Waals surface area contributed by atoms with Crippen molar-refractivity contribution in [2.75, 3.05) is 13.1 Å². The number of imidazole rings is 1. The number of aromatic amines is 1. The second kappa shape index (κ2) is 8.27. The second-order valence-corrected chi connectivity index (χ2v) is 6.85. The number of carbonyl (C=O) groups excluding carboxylic acids is 1. The number of hydrogen-bond donors (Lipinski definition) is 1. The van der Waals surface area contributed by atoms with E-state index in [9.17, 15) is 4.79 Å². The van der Waals surface area contributed by atoms with Gasteiger partial charge in [0.1, 0.15) is 11.6 Å². The molecule has 0 bridgehead atoms. The zero-order valence-electron chi connectivity index (χ0n) is 15.2. The molecule has 1 aliphatic heterocycles. The van der Waals surface area contributed by atoms with E-state index < -0.39 is 0 Å². The van der Waals surface area contributed by atoms with E-state index in [-0.39, 0.29) is 5.91 Å². The van der Waals surface area contributed by atoms with E-state index in [0.717, 1.165) is 56.4 Å². The zero-order valence-corrected chi connectivity index (χ0v) is 15.2. The summed E-state index contributed by atoms with van der Waals surface area (Å²) in [4.78, 5) is 23.4. The van der Waals surface area contributed by atoms with Crippen LogP contribution in [0.3, 0.4) is 0 Å². The minimum atomic E-state index is 0.193. The van der Waals surface area contributed by atoms with Crippen LogP contribution >= 0.6 is 0 Å². The SMILES string of the molecule is CCCCn1ccnc1C1CCCN(C(=O)CCc2n[nH]c(C)n2)C1. The lowest BCUT2D eigenvalue weighted by atomic mass is 9.96. The molecule has 0 aromatic carbocycles. The van der Waals surface area contributed by atoms with Crippen molar-refractivity contribution >= 4 is 5.91 Å². The maximum absolute atomic E-state index is 12.6. The molecule has 2 aromatic heterocycles. The molecule has 0 saturated carbocycles. The van der Waals surface area contributed by atoms with Crippen LogP contribution in [0.25, 0.3) is 0 Å². The van der Waals surface area contributed by atoms with Gasteiger partial charge in [-0.15, -0.1) is 0 Å². The molecular formula is C18H28N6O. The first kappa shape index (κ1) is 17.6. The van der Waals surface area contributed by atoms with Gasteiger partial charge in [0.05, 0.1) is 0 Å². The lowest BCUT2D eigenvalue weighted by Gasteiger charge is -2.32. The Morgan fingerprint density at radius 3 is 3.08 bits per heavy atom. The number of aryl methyl sites for hydroxylation is 3. The van der Waals surface area contributed by atoms with Crippen LogP contribution in [-0.2, 0) is 17.8 Å². The van der Waals surface area contributed by atoms with E-state index in [1.165, 1.54) is 6.42 Å².